The molecule has 2 atom stereocenters. The van der Waals surface area contributed by atoms with E-state index in [1.165, 1.54) is 18.9 Å². The van der Waals surface area contributed by atoms with Gasteiger partial charge in [-0.3, -0.25) is 0 Å². The Bertz CT molecular complexity index is 943. The van der Waals surface area contributed by atoms with Crippen molar-refractivity contribution in [2.45, 2.75) is 16.2 Å². The minimum absolute atomic E-state index is 0.577. The standard InChI is InChI=1S/C21H21NO4S/c1-25-15-10-7-14(8-11-15)20(19(23)21(24)26-2)27-17-12-9-13-5-3-4-6-16(13)18(17)22/h3-12,19-20,23H,22H2,1-2H3/t19-,20+/m0/s1. The Labute approximate surface area is 162 Å². The number of ether oxygens (including phenoxy) is 2. The molecule has 27 heavy (non-hydrogen) atoms. The molecule has 0 aromatic heterocycles. The SMILES string of the molecule is COC(=O)[C@@H](O)[C@H](Sc1ccc2ccccc2c1N)c1ccc(OC)cc1. The van der Waals surface area contributed by atoms with Crippen LogP contribution in [0.3, 0.4) is 0 Å². The molecule has 0 saturated carbocycles. The van der Waals surface area contributed by atoms with Crippen LogP contribution >= 0.6 is 11.8 Å². The predicted octanol–water partition coefficient (Wildman–Crippen LogP) is 3.80. The number of hydrogen-bond acceptors (Lipinski definition) is 6. The van der Waals surface area contributed by atoms with Gasteiger partial charge >= 0.3 is 5.97 Å². The number of aliphatic hydroxyl groups is 1. The van der Waals surface area contributed by atoms with Crippen LogP contribution in [0.15, 0.2) is 65.6 Å². The van der Waals surface area contributed by atoms with E-state index in [0.29, 0.717) is 11.4 Å². The lowest BCUT2D eigenvalue weighted by Crippen LogP contribution is -2.27. The number of nitrogen functional groups attached to an aromatic ring is 1. The van der Waals surface area contributed by atoms with Crippen LogP contribution in [0.2, 0.25) is 0 Å². The summed E-state index contributed by atoms with van der Waals surface area (Å²) in [4.78, 5) is 12.8. The highest BCUT2D eigenvalue weighted by molar-refractivity contribution is 7.99. The fourth-order valence-electron chi connectivity index (χ4n) is 2.87. The Kier molecular flexibility index (Phi) is 5.88. The maximum atomic E-state index is 12.0. The third kappa shape index (κ3) is 4.02. The Morgan fingerprint density at radius 1 is 1.04 bits per heavy atom. The number of methoxy groups -OCH3 is 2. The number of hydrogen-bond donors (Lipinski definition) is 2. The normalized spacial score (nSPS) is 13.1. The van der Waals surface area contributed by atoms with E-state index >= 15 is 0 Å². The summed E-state index contributed by atoms with van der Waals surface area (Å²) in [6.45, 7) is 0. The van der Waals surface area contributed by atoms with E-state index in [4.69, 9.17) is 15.2 Å². The number of nitrogens with two attached hydrogens (primary N) is 1. The molecule has 0 saturated heterocycles. The molecule has 0 heterocycles. The lowest BCUT2D eigenvalue weighted by Gasteiger charge is -2.22. The molecule has 140 valence electrons. The van der Waals surface area contributed by atoms with Crippen molar-refractivity contribution in [2.24, 2.45) is 0 Å². The van der Waals surface area contributed by atoms with E-state index in [1.54, 1.807) is 19.2 Å². The summed E-state index contributed by atoms with van der Waals surface area (Å²) in [6.07, 6.45) is -1.33. The summed E-state index contributed by atoms with van der Waals surface area (Å²) in [5.74, 6) is 0.00274. The van der Waals surface area contributed by atoms with Crippen molar-refractivity contribution < 1.29 is 19.4 Å². The van der Waals surface area contributed by atoms with Crippen LogP contribution in [0.25, 0.3) is 10.8 Å². The van der Waals surface area contributed by atoms with Crippen molar-refractivity contribution in [3.8, 4) is 5.75 Å². The molecule has 3 aromatic rings. The second-order valence-corrected chi connectivity index (χ2v) is 7.16. The van der Waals surface area contributed by atoms with E-state index in [-0.39, 0.29) is 0 Å². The van der Waals surface area contributed by atoms with Gasteiger partial charge in [-0.2, -0.15) is 0 Å². The summed E-state index contributed by atoms with van der Waals surface area (Å²) in [7, 11) is 2.84. The molecule has 0 aliphatic carbocycles. The first-order valence-electron chi connectivity index (χ1n) is 8.39. The number of anilines is 1. The summed E-state index contributed by atoms with van der Waals surface area (Å²) in [6, 6.07) is 18.9. The average Bonchev–Trinajstić information content (AvgIpc) is 2.72. The number of carbonyl (C=O) groups is 1. The van der Waals surface area contributed by atoms with Gasteiger partial charge < -0.3 is 20.3 Å². The molecule has 3 rings (SSSR count). The molecule has 0 aliphatic rings. The number of carbonyl (C=O) groups excluding carboxylic acids is 1. The summed E-state index contributed by atoms with van der Waals surface area (Å²) in [5.41, 5.74) is 7.75. The van der Waals surface area contributed by atoms with Gasteiger partial charge in [0.15, 0.2) is 6.10 Å². The molecule has 0 radical (unpaired) electrons. The number of rotatable bonds is 6. The molecule has 0 unspecified atom stereocenters. The number of aliphatic hydroxyl groups excluding tert-OH is 1. The van der Waals surface area contributed by atoms with Gasteiger partial charge in [0.25, 0.3) is 0 Å². The highest BCUT2D eigenvalue weighted by Crippen LogP contribution is 2.43. The molecule has 0 aliphatic heterocycles. The first-order chi connectivity index (χ1) is 13.0. The summed E-state index contributed by atoms with van der Waals surface area (Å²) in [5, 5.41) is 11.9. The highest BCUT2D eigenvalue weighted by Gasteiger charge is 2.30. The third-order valence-corrected chi connectivity index (χ3v) is 5.75. The molecular formula is C21H21NO4S. The Morgan fingerprint density at radius 2 is 1.74 bits per heavy atom. The summed E-state index contributed by atoms with van der Waals surface area (Å²) < 4.78 is 9.92. The molecular weight excluding hydrogens is 362 g/mol. The zero-order valence-electron chi connectivity index (χ0n) is 15.1. The summed E-state index contributed by atoms with van der Waals surface area (Å²) >= 11 is 1.33. The van der Waals surface area contributed by atoms with Crippen LogP contribution in [0, 0.1) is 0 Å². The van der Waals surface area contributed by atoms with Crippen molar-refractivity contribution in [1.82, 2.24) is 0 Å². The lowest BCUT2D eigenvalue weighted by atomic mass is 10.1. The van der Waals surface area contributed by atoms with Gasteiger partial charge in [-0.1, -0.05) is 42.5 Å². The monoisotopic (exact) mass is 383 g/mol. The average molecular weight is 383 g/mol. The van der Waals surface area contributed by atoms with Crippen molar-refractivity contribution >= 4 is 34.2 Å². The maximum Gasteiger partial charge on any atom is 0.336 e. The van der Waals surface area contributed by atoms with Crippen LogP contribution in [0.1, 0.15) is 10.8 Å². The number of thioether (sulfide) groups is 1. The molecule has 3 aromatic carbocycles. The van der Waals surface area contributed by atoms with Gasteiger partial charge in [-0.05, 0) is 29.1 Å². The molecule has 6 heteroatoms. The fourth-order valence-corrected chi connectivity index (χ4v) is 4.06. The lowest BCUT2D eigenvalue weighted by molar-refractivity contribution is -0.150. The Balaban J connectivity index is 2.00. The first kappa shape index (κ1) is 19.1. The van der Waals surface area contributed by atoms with Crippen LogP contribution in [-0.2, 0) is 9.53 Å². The topological polar surface area (TPSA) is 81.8 Å². The predicted molar refractivity (Wildman–Crippen MR) is 108 cm³/mol. The van der Waals surface area contributed by atoms with E-state index in [2.05, 4.69) is 0 Å². The smallest absolute Gasteiger partial charge is 0.336 e. The second kappa shape index (κ2) is 8.33. The number of fused-ring (bicyclic) bond motifs is 1. The van der Waals surface area contributed by atoms with Crippen LogP contribution in [0.5, 0.6) is 5.75 Å². The minimum atomic E-state index is -1.33. The van der Waals surface area contributed by atoms with Crippen molar-refractivity contribution in [2.75, 3.05) is 20.0 Å². The molecule has 0 fully saturated rings. The van der Waals surface area contributed by atoms with E-state index < -0.39 is 17.3 Å². The van der Waals surface area contributed by atoms with Crippen molar-refractivity contribution in [1.29, 1.82) is 0 Å². The van der Waals surface area contributed by atoms with E-state index in [9.17, 15) is 9.90 Å². The zero-order valence-corrected chi connectivity index (χ0v) is 15.9. The van der Waals surface area contributed by atoms with Crippen LogP contribution in [-0.4, -0.2) is 31.4 Å². The number of esters is 1. The van der Waals surface area contributed by atoms with Crippen LogP contribution in [0.4, 0.5) is 5.69 Å². The fraction of sp³-hybridized carbons (Fsp3) is 0.190. The highest BCUT2D eigenvalue weighted by atomic mass is 32.2. The van der Waals surface area contributed by atoms with Gasteiger partial charge in [-0.25, -0.2) is 4.79 Å². The maximum absolute atomic E-state index is 12.0. The van der Waals surface area contributed by atoms with Crippen molar-refractivity contribution in [3.05, 3.63) is 66.2 Å². The van der Waals surface area contributed by atoms with Gasteiger partial charge in [-0.15, -0.1) is 11.8 Å². The zero-order chi connectivity index (χ0) is 19.4. The van der Waals surface area contributed by atoms with E-state index in [1.807, 2.05) is 48.5 Å². The molecule has 0 amide bonds. The van der Waals surface area contributed by atoms with E-state index in [0.717, 1.165) is 21.2 Å². The molecule has 5 nitrogen and oxygen atoms in total. The largest absolute Gasteiger partial charge is 0.497 e. The van der Waals surface area contributed by atoms with Crippen molar-refractivity contribution in [3.63, 3.8) is 0 Å². The van der Waals surface area contributed by atoms with Gasteiger partial charge in [0.2, 0.25) is 0 Å². The quantitative estimate of drug-likeness (QED) is 0.383. The first-order valence-corrected chi connectivity index (χ1v) is 9.27. The van der Waals surface area contributed by atoms with Gasteiger partial charge in [0.1, 0.15) is 5.75 Å². The third-order valence-electron chi connectivity index (χ3n) is 4.36. The van der Waals surface area contributed by atoms with Crippen LogP contribution < -0.4 is 10.5 Å². The molecule has 0 spiro atoms. The second-order valence-electron chi connectivity index (χ2n) is 5.98. The Morgan fingerprint density at radius 3 is 2.41 bits per heavy atom. The Hall–Kier alpha value is -2.70. The minimum Gasteiger partial charge on any atom is -0.497 e. The number of benzene rings is 3. The molecule has 0 bridgehead atoms. The van der Waals surface area contributed by atoms with Gasteiger partial charge in [0, 0.05) is 10.3 Å². The molecule has 3 N–H and O–H groups in total. The van der Waals surface area contributed by atoms with Gasteiger partial charge in [0.05, 0.1) is 25.2 Å².